The standard InChI is InChI=1S/C11H20BrNO3/c1-7(10(14)8(2)13-3)5-4-6-9(12)11(15)16/h4,6-10,13-14H,5H2,1-3H3,(H,15,16). The number of aliphatic hydroxyl groups excluding tert-OH is 1. The highest BCUT2D eigenvalue weighted by Crippen LogP contribution is 2.13. The highest BCUT2D eigenvalue weighted by molar-refractivity contribution is 9.10. The van der Waals surface area contributed by atoms with Crippen molar-refractivity contribution in [2.75, 3.05) is 7.05 Å². The fourth-order valence-corrected chi connectivity index (χ4v) is 1.51. The molecule has 0 aliphatic carbocycles. The van der Waals surface area contributed by atoms with E-state index in [-0.39, 0.29) is 12.0 Å². The topological polar surface area (TPSA) is 69.6 Å². The number of allylic oxidation sites excluding steroid dienone is 1. The first-order chi connectivity index (χ1) is 7.40. The van der Waals surface area contributed by atoms with Gasteiger partial charge in [0.05, 0.1) is 6.10 Å². The third-order valence-corrected chi connectivity index (χ3v) is 3.30. The van der Waals surface area contributed by atoms with Gasteiger partial charge in [-0.25, -0.2) is 0 Å². The highest BCUT2D eigenvalue weighted by atomic mass is 79.9. The van der Waals surface area contributed by atoms with Crippen LogP contribution in [0.3, 0.4) is 0 Å². The van der Waals surface area contributed by atoms with E-state index in [9.17, 15) is 9.90 Å². The number of carboxylic acids is 1. The van der Waals surface area contributed by atoms with Crippen molar-refractivity contribution in [3.8, 4) is 0 Å². The van der Waals surface area contributed by atoms with Gasteiger partial charge in [0.15, 0.2) is 0 Å². The van der Waals surface area contributed by atoms with Crippen molar-refractivity contribution in [1.82, 2.24) is 5.32 Å². The summed E-state index contributed by atoms with van der Waals surface area (Å²) in [6.07, 6.45) is 3.58. The summed E-state index contributed by atoms with van der Waals surface area (Å²) in [5.41, 5.74) is 0. The zero-order chi connectivity index (χ0) is 12.7. The summed E-state index contributed by atoms with van der Waals surface area (Å²) in [6.45, 7) is 3.85. The Labute approximate surface area is 105 Å². The fourth-order valence-electron chi connectivity index (χ4n) is 1.30. The Bertz CT molecular complexity index is 245. The molecule has 0 heterocycles. The molecule has 5 heteroatoms. The summed E-state index contributed by atoms with van der Waals surface area (Å²) >= 11 is 3.01. The highest BCUT2D eigenvalue weighted by Gasteiger charge is 2.18. The fraction of sp³-hybridized carbons (Fsp3) is 0.727. The van der Waals surface area contributed by atoms with Crippen LogP contribution in [0.2, 0.25) is 0 Å². The first kappa shape index (κ1) is 15.6. The van der Waals surface area contributed by atoms with Crippen molar-refractivity contribution >= 4 is 21.9 Å². The van der Waals surface area contributed by atoms with Crippen LogP contribution in [0.4, 0.5) is 0 Å². The van der Waals surface area contributed by atoms with Crippen LogP contribution in [0, 0.1) is 5.92 Å². The molecule has 0 amide bonds. The molecule has 0 spiro atoms. The lowest BCUT2D eigenvalue weighted by atomic mass is 9.95. The second-order valence-corrected chi connectivity index (χ2v) is 4.94. The number of carbonyl (C=O) groups is 1. The van der Waals surface area contributed by atoms with Crippen LogP contribution in [-0.2, 0) is 4.79 Å². The number of nitrogens with one attached hydrogen (secondary N) is 1. The predicted molar refractivity (Wildman–Crippen MR) is 67.8 cm³/mol. The van der Waals surface area contributed by atoms with Gasteiger partial charge in [0.1, 0.15) is 4.83 Å². The quantitative estimate of drug-likeness (QED) is 0.490. The Balaban J connectivity index is 4.06. The van der Waals surface area contributed by atoms with Crippen LogP contribution in [0.25, 0.3) is 0 Å². The summed E-state index contributed by atoms with van der Waals surface area (Å²) < 4.78 is 0. The number of hydrogen-bond donors (Lipinski definition) is 3. The number of alkyl halides is 1. The number of likely N-dealkylation sites (N-methyl/N-ethyl adjacent to an activating group) is 1. The minimum Gasteiger partial charge on any atom is -0.480 e. The van der Waals surface area contributed by atoms with Crippen LogP contribution in [0.5, 0.6) is 0 Å². The van der Waals surface area contributed by atoms with Crippen LogP contribution < -0.4 is 5.32 Å². The maximum Gasteiger partial charge on any atom is 0.321 e. The largest absolute Gasteiger partial charge is 0.480 e. The maximum atomic E-state index is 10.5. The first-order valence-corrected chi connectivity index (χ1v) is 6.20. The number of rotatable bonds is 7. The van der Waals surface area contributed by atoms with Crippen LogP contribution in [0.1, 0.15) is 20.3 Å². The summed E-state index contributed by atoms with van der Waals surface area (Å²) in [5.74, 6) is -0.819. The van der Waals surface area contributed by atoms with Gasteiger partial charge >= 0.3 is 5.97 Å². The molecule has 4 atom stereocenters. The number of hydrogen-bond acceptors (Lipinski definition) is 3. The Kier molecular flexibility index (Phi) is 7.62. The lowest BCUT2D eigenvalue weighted by Gasteiger charge is -2.23. The minimum atomic E-state index is -0.909. The summed E-state index contributed by atoms with van der Waals surface area (Å²) in [5, 5.41) is 21.4. The van der Waals surface area contributed by atoms with E-state index in [0.29, 0.717) is 6.42 Å². The van der Waals surface area contributed by atoms with Crippen LogP contribution in [-0.4, -0.2) is 40.2 Å². The first-order valence-electron chi connectivity index (χ1n) is 5.29. The van der Waals surface area contributed by atoms with Gasteiger partial charge in [-0.2, -0.15) is 0 Å². The molecular formula is C11H20BrNO3. The van der Waals surface area contributed by atoms with Crippen molar-refractivity contribution < 1.29 is 15.0 Å². The van der Waals surface area contributed by atoms with E-state index in [1.807, 2.05) is 13.8 Å². The summed E-state index contributed by atoms with van der Waals surface area (Å²) in [7, 11) is 1.80. The van der Waals surface area contributed by atoms with Crippen molar-refractivity contribution in [2.45, 2.75) is 37.2 Å². The van der Waals surface area contributed by atoms with Gasteiger partial charge in [-0.05, 0) is 26.3 Å². The van der Waals surface area contributed by atoms with Gasteiger partial charge in [0, 0.05) is 6.04 Å². The van der Waals surface area contributed by atoms with Crippen molar-refractivity contribution in [2.24, 2.45) is 5.92 Å². The Morgan fingerprint density at radius 1 is 1.50 bits per heavy atom. The molecule has 0 saturated heterocycles. The Morgan fingerprint density at radius 3 is 2.50 bits per heavy atom. The third kappa shape index (κ3) is 5.63. The number of carboxylic acid groups (broad SMARTS) is 1. The van der Waals surface area contributed by atoms with Crippen molar-refractivity contribution in [3.63, 3.8) is 0 Å². The second kappa shape index (κ2) is 7.81. The molecule has 0 bridgehead atoms. The molecule has 0 saturated carbocycles. The van der Waals surface area contributed by atoms with Gasteiger partial charge < -0.3 is 15.5 Å². The Hall–Kier alpha value is -0.390. The molecular weight excluding hydrogens is 274 g/mol. The molecule has 3 N–H and O–H groups in total. The molecule has 94 valence electrons. The summed E-state index contributed by atoms with van der Waals surface area (Å²) in [4.78, 5) is 9.85. The van der Waals surface area contributed by atoms with Crippen LogP contribution >= 0.6 is 15.9 Å². The maximum absolute atomic E-state index is 10.5. The predicted octanol–water partition coefficient (Wildman–Crippen LogP) is 1.39. The number of aliphatic carboxylic acids is 1. The molecule has 0 fully saturated rings. The van der Waals surface area contributed by atoms with E-state index in [1.165, 1.54) is 0 Å². The molecule has 0 aliphatic rings. The lowest BCUT2D eigenvalue weighted by Crippen LogP contribution is -2.38. The molecule has 16 heavy (non-hydrogen) atoms. The van der Waals surface area contributed by atoms with E-state index >= 15 is 0 Å². The van der Waals surface area contributed by atoms with Crippen molar-refractivity contribution in [1.29, 1.82) is 0 Å². The van der Waals surface area contributed by atoms with Gasteiger partial charge in [-0.1, -0.05) is 35.0 Å². The third-order valence-electron chi connectivity index (χ3n) is 2.60. The van der Waals surface area contributed by atoms with E-state index in [2.05, 4.69) is 21.2 Å². The molecule has 4 unspecified atom stereocenters. The average molecular weight is 294 g/mol. The normalized spacial score (nSPS) is 19.3. The van der Waals surface area contributed by atoms with Crippen molar-refractivity contribution in [3.05, 3.63) is 12.2 Å². The molecule has 0 aromatic carbocycles. The van der Waals surface area contributed by atoms with Crippen LogP contribution in [0.15, 0.2) is 12.2 Å². The summed E-state index contributed by atoms with van der Waals surface area (Å²) in [6, 6.07) is 0.0302. The molecule has 0 aliphatic heterocycles. The SMILES string of the molecule is CNC(C)C(O)C(C)CC=CC(Br)C(=O)O. The zero-order valence-electron chi connectivity index (χ0n) is 9.85. The van der Waals surface area contributed by atoms with Gasteiger partial charge in [0.25, 0.3) is 0 Å². The van der Waals surface area contributed by atoms with Gasteiger partial charge in [-0.3, -0.25) is 4.79 Å². The zero-order valence-corrected chi connectivity index (χ0v) is 11.4. The van der Waals surface area contributed by atoms with E-state index in [1.54, 1.807) is 19.2 Å². The molecule has 0 rings (SSSR count). The second-order valence-electron chi connectivity index (χ2n) is 3.95. The molecule has 0 aromatic rings. The van der Waals surface area contributed by atoms with Gasteiger partial charge in [-0.15, -0.1) is 0 Å². The Morgan fingerprint density at radius 2 is 2.06 bits per heavy atom. The molecule has 0 radical (unpaired) electrons. The van der Waals surface area contributed by atoms with Gasteiger partial charge in [0.2, 0.25) is 0 Å². The molecule has 0 aromatic heterocycles. The molecule has 4 nitrogen and oxygen atoms in total. The lowest BCUT2D eigenvalue weighted by molar-refractivity contribution is -0.135. The van der Waals surface area contributed by atoms with E-state index in [4.69, 9.17) is 5.11 Å². The minimum absolute atomic E-state index is 0.0302. The van der Waals surface area contributed by atoms with E-state index in [0.717, 1.165) is 0 Å². The van der Waals surface area contributed by atoms with E-state index < -0.39 is 16.9 Å². The smallest absolute Gasteiger partial charge is 0.321 e. The number of halogens is 1. The average Bonchev–Trinajstić information content (AvgIpc) is 2.26. The number of aliphatic hydroxyl groups is 1. The monoisotopic (exact) mass is 293 g/mol.